The molecule has 0 radical (unpaired) electrons. The molecular weight excluding hydrogens is 1220 g/mol. The summed E-state index contributed by atoms with van der Waals surface area (Å²) >= 11 is 11.0. The van der Waals surface area contributed by atoms with E-state index in [1.54, 1.807) is 35.3 Å². The zero-order chi connectivity index (χ0) is 67.6. The molecule has 5 aromatic rings. The number of halogens is 1. The van der Waals surface area contributed by atoms with Gasteiger partial charge in [0.15, 0.2) is 22.4 Å². The molecule has 0 spiro atoms. The maximum Gasteiger partial charge on any atom is 0.320 e. The number of carboxylic acids is 1. The summed E-state index contributed by atoms with van der Waals surface area (Å²) in [5.41, 5.74) is 12.3. The highest BCUT2D eigenvalue weighted by molar-refractivity contribution is 7.99. The second kappa shape index (κ2) is 38.5. The van der Waals surface area contributed by atoms with Crippen LogP contribution >= 0.6 is 46.9 Å². The normalized spacial score (nSPS) is 13.0. The number of carbonyl (C=O) groups excluding carboxylic acids is 4. The predicted octanol–water partition coefficient (Wildman–Crippen LogP) is 19.6. The smallest absolute Gasteiger partial charge is 0.320 e. The van der Waals surface area contributed by atoms with Crippen molar-refractivity contribution in [3.05, 3.63) is 158 Å². The SMILES string of the molecule is COC(=O)C(C(=O)CC(C)CCSc1ccc(C)cc1)c1c(C)cc(C)cc1C.COC(=O)Cc1c(C)cc(C)cc1C.Cc1ccc(SCCC(CC(=O)Cl)O[Si](C)(C)C(C)(C)C)cc1.Cc1ccc(SCCC(CC(=O)O)O[Si](C)(C)C(C)(C)C)cc1. The van der Waals surface area contributed by atoms with Crippen LogP contribution in [-0.2, 0) is 48.7 Å². The van der Waals surface area contributed by atoms with Gasteiger partial charge in [-0.2, -0.15) is 0 Å². The van der Waals surface area contributed by atoms with Gasteiger partial charge in [-0.1, -0.05) is 137 Å². The molecule has 0 aromatic heterocycles. The highest BCUT2D eigenvalue weighted by atomic mass is 35.5. The molecule has 0 saturated heterocycles. The van der Waals surface area contributed by atoms with Crippen LogP contribution in [0.1, 0.15) is 154 Å². The Morgan fingerprint density at radius 1 is 0.506 bits per heavy atom. The van der Waals surface area contributed by atoms with Crippen molar-refractivity contribution in [2.24, 2.45) is 5.92 Å². The van der Waals surface area contributed by atoms with Gasteiger partial charge in [-0.05, 0) is 211 Å². The Morgan fingerprint density at radius 2 is 0.854 bits per heavy atom. The van der Waals surface area contributed by atoms with Crippen LogP contribution in [0, 0.1) is 68.2 Å². The van der Waals surface area contributed by atoms with Gasteiger partial charge < -0.3 is 23.4 Å². The molecular formula is C73H107ClO10S3Si2. The molecule has 0 bridgehead atoms. The molecule has 0 fully saturated rings. The lowest BCUT2D eigenvalue weighted by atomic mass is 9.83. The first-order valence-electron chi connectivity index (χ1n) is 31.0. The number of esters is 2. The lowest BCUT2D eigenvalue weighted by molar-refractivity contribution is -0.146. The van der Waals surface area contributed by atoms with E-state index < -0.39 is 34.5 Å². The van der Waals surface area contributed by atoms with E-state index in [9.17, 15) is 24.0 Å². The number of carbonyl (C=O) groups is 5. The monoisotopic (exact) mass is 1330 g/mol. The number of rotatable bonds is 27. The van der Waals surface area contributed by atoms with E-state index in [1.807, 2.05) is 46.8 Å². The number of Topliss-reactive ketones (excluding diaryl/α,β-unsaturated/α-hetero) is 1. The van der Waals surface area contributed by atoms with Crippen molar-refractivity contribution in [1.82, 2.24) is 0 Å². The van der Waals surface area contributed by atoms with Crippen molar-refractivity contribution in [2.45, 2.75) is 225 Å². The summed E-state index contributed by atoms with van der Waals surface area (Å²) in [5.74, 6) is 0.622. The van der Waals surface area contributed by atoms with Gasteiger partial charge >= 0.3 is 17.9 Å². The van der Waals surface area contributed by atoms with E-state index >= 15 is 0 Å². The first-order chi connectivity index (χ1) is 41.3. The molecule has 10 nitrogen and oxygen atoms in total. The standard InChI is InChI=1S/C25H32O3S.C18H29ClO2SSi.C18H30O3SSi.C12H16O2/c1-16-7-9-21(10-8-16)29-12-11-17(2)15-22(26)24(25(27)28-6)23-19(4)13-18(3)14-20(23)5;2*1-14-7-9-16(10-8-14)22-12-11-15(13-17(19)20)21-23(5,6)18(2,3)4;1-8-5-9(2)11(10(3)6-8)7-12(13)14-4/h7-10,13-14,17,24H,11-12,15H2,1-6H3;7-10,15H,11-13H2,1-6H3;7-10,15H,11-13H2,1-6H3,(H,19,20);5-6H,7H2,1-4H3. The quantitative estimate of drug-likeness (QED) is 0.0175. The molecule has 0 aliphatic heterocycles. The maximum absolute atomic E-state index is 13.1. The lowest BCUT2D eigenvalue weighted by Gasteiger charge is -2.39. The number of aliphatic carboxylic acids is 1. The van der Waals surface area contributed by atoms with E-state index in [1.165, 1.54) is 51.2 Å². The van der Waals surface area contributed by atoms with Crippen LogP contribution in [0.15, 0.2) is 112 Å². The Kier molecular flexibility index (Phi) is 34.9. The molecule has 4 unspecified atom stereocenters. The summed E-state index contributed by atoms with van der Waals surface area (Å²) in [6, 6.07) is 33.6. The largest absolute Gasteiger partial charge is 0.481 e. The summed E-state index contributed by atoms with van der Waals surface area (Å²) in [6.45, 7) is 42.3. The van der Waals surface area contributed by atoms with Crippen molar-refractivity contribution in [3.8, 4) is 0 Å². The van der Waals surface area contributed by atoms with Crippen LogP contribution in [0.25, 0.3) is 0 Å². The van der Waals surface area contributed by atoms with Crippen molar-refractivity contribution in [3.63, 3.8) is 0 Å². The second-order valence-corrected chi connectivity index (χ2v) is 40.1. The number of ketones is 1. The van der Waals surface area contributed by atoms with Gasteiger partial charge in [0.2, 0.25) is 5.24 Å². The van der Waals surface area contributed by atoms with Crippen LogP contribution in [0.5, 0.6) is 0 Å². The van der Waals surface area contributed by atoms with Crippen LogP contribution in [-0.4, -0.2) is 94.4 Å². The van der Waals surface area contributed by atoms with Crippen LogP contribution in [0.2, 0.25) is 36.3 Å². The number of ether oxygens (including phenoxy) is 2. The minimum atomic E-state index is -1.94. The van der Waals surface area contributed by atoms with Crippen molar-refractivity contribution in [2.75, 3.05) is 31.5 Å². The lowest BCUT2D eigenvalue weighted by Crippen LogP contribution is -2.44. The molecule has 0 heterocycles. The van der Waals surface area contributed by atoms with E-state index in [0.717, 1.165) is 75.5 Å². The summed E-state index contributed by atoms with van der Waals surface area (Å²) < 4.78 is 22.4. The Labute approximate surface area is 556 Å². The number of methoxy groups -OCH3 is 2. The topological polar surface area (TPSA) is 142 Å². The minimum absolute atomic E-state index is 0.0558. The third kappa shape index (κ3) is 30.2. The van der Waals surface area contributed by atoms with Crippen molar-refractivity contribution in [1.29, 1.82) is 0 Å². The van der Waals surface area contributed by atoms with Crippen molar-refractivity contribution >= 4 is 92.5 Å². The summed E-state index contributed by atoms with van der Waals surface area (Å²) in [6.07, 6.45) is 3.36. The number of aryl methyl sites for hydroxylation is 9. The van der Waals surface area contributed by atoms with Crippen LogP contribution < -0.4 is 0 Å². The Morgan fingerprint density at radius 3 is 1.18 bits per heavy atom. The fourth-order valence-electron chi connectivity index (χ4n) is 9.31. The van der Waals surface area contributed by atoms with Gasteiger partial charge in [-0.3, -0.25) is 24.0 Å². The summed E-state index contributed by atoms with van der Waals surface area (Å²) in [7, 11) is -1.07. The minimum Gasteiger partial charge on any atom is -0.481 e. The fraction of sp³-hybridized carbons (Fsp3) is 0.521. The van der Waals surface area contributed by atoms with Crippen LogP contribution in [0.3, 0.4) is 0 Å². The molecule has 16 heteroatoms. The molecule has 492 valence electrons. The van der Waals surface area contributed by atoms with Gasteiger partial charge in [0.25, 0.3) is 0 Å². The zero-order valence-electron chi connectivity index (χ0n) is 57.8. The number of carboxylic acid groups (broad SMARTS) is 1. The molecule has 1 N–H and O–H groups in total. The zero-order valence-corrected chi connectivity index (χ0v) is 63.0. The van der Waals surface area contributed by atoms with Gasteiger partial charge in [0.1, 0.15) is 5.92 Å². The van der Waals surface area contributed by atoms with E-state index in [0.29, 0.717) is 19.3 Å². The number of hydrogen-bond acceptors (Lipinski definition) is 12. The molecule has 0 saturated carbocycles. The van der Waals surface area contributed by atoms with Crippen LogP contribution in [0.4, 0.5) is 0 Å². The number of thioether (sulfide) groups is 3. The number of hydrogen-bond donors (Lipinski definition) is 1. The Balaban J connectivity index is 0.000000415. The Hall–Kier alpha value is -4.46. The maximum atomic E-state index is 13.1. The molecule has 0 aliphatic carbocycles. The first-order valence-corrected chi connectivity index (χ1v) is 40.1. The average molecular weight is 1330 g/mol. The highest BCUT2D eigenvalue weighted by Crippen LogP contribution is 2.40. The van der Waals surface area contributed by atoms with Gasteiger partial charge in [-0.25, -0.2) is 0 Å². The van der Waals surface area contributed by atoms with Crippen molar-refractivity contribution < 1.29 is 47.4 Å². The average Bonchev–Trinajstić information content (AvgIpc) is 1.76. The first kappa shape index (κ1) is 80.6. The van der Waals surface area contributed by atoms with E-state index in [-0.39, 0.29) is 51.6 Å². The summed E-state index contributed by atoms with van der Waals surface area (Å²) in [5, 5.41) is 9.07. The van der Waals surface area contributed by atoms with Gasteiger partial charge in [0, 0.05) is 39.0 Å². The third-order valence-corrected chi connectivity index (χ3v) is 28.8. The molecule has 5 aromatic carbocycles. The predicted molar refractivity (Wildman–Crippen MR) is 382 cm³/mol. The molecule has 4 atom stereocenters. The second-order valence-electron chi connectivity index (χ2n) is 26.7. The summed E-state index contributed by atoms with van der Waals surface area (Å²) in [4.78, 5) is 63.0. The van der Waals surface area contributed by atoms with E-state index in [4.69, 9.17) is 30.3 Å². The van der Waals surface area contributed by atoms with E-state index in [2.05, 4.69) is 192 Å². The molecule has 0 aliphatic rings. The Bertz CT molecular complexity index is 2880. The third-order valence-electron chi connectivity index (χ3n) is 16.4. The molecule has 5 rings (SSSR count). The molecule has 0 amide bonds. The highest BCUT2D eigenvalue weighted by Gasteiger charge is 2.41. The molecule has 89 heavy (non-hydrogen) atoms. The van der Waals surface area contributed by atoms with Gasteiger partial charge in [0.05, 0.1) is 39.3 Å². The fourth-order valence-corrected chi connectivity index (χ4v) is 15.2. The number of benzene rings is 5. The van der Waals surface area contributed by atoms with Gasteiger partial charge in [-0.15, -0.1) is 35.3 Å².